The number of guanidine groups is 1. The van der Waals surface area contributed by atoms with Crippen LogP contribution >= 0.6 is 0 Å². The summed E-state index contributed by atoms with van der Waals surface area (Å²) >= 11 is 0. The van der Waals surface area contributed by atoms with Gasteiger partial charge in [0, 0.05) is 45.8 Å². The lowest BCUT2D eigenvalue weighted by Crippen LogP contribution is -2.42. The van der Waals surface area contributed by atoms with Gasteiger partial charge in [0.1, 0.15) is 0 Å². The van der Waals surface area contributed by atoms with Gasteiger partial charge in [0.25, 0.3) is 0 Å². The molecule has 0 aromatic carbocycles. The molecule has 0 radical (unpaired) electrons. The zero-order valence-electron chi connectivity index (χ0n) is 14.1. The van der Waals surface area contributed by atoms with Gasteiger partial charge in [-0.15, -0.1) is 0 Å². The number of nitrogens with one attached hydrogen (secondary N) is 3. The Balaban J connectivity index is 1.98. The van der Waals surface area contributed by atoms with E-state index in [2.05, 4.69) is 20.3 Å². The van der Waals surface area contributed by atoms with Gasteiger partial charge in [-0.1, -0.05) is 0 Å². The molecule has 1 fully saturated rings. The highest BCUT2D eigenvalue weighted by Crippen LogP contribution is 2.12. The largest absolute Gasteiger partial charge is 0.381 e. The molecule has 1 rings (SSSR count). The lowest BCUT2D eigenvalue weighted by atomic mass is 10.1. The highest BCUT2D eigenvalue weighted by Gasteiger charge is 2.15. The molecule has 1 unspecified atom stereocenters. The normalized spacial score (nSPS) is 19.0. The minimum absolute atomic E-state index is 0.0902. The smallest absolute Gasteiger partial charge is 0.211 e. The van der Waals surface area contributed by atoms with E-state index >= 15 is 0 Å². The first kappa shape index (κ1) is 20.1. The number of ether oxygens (including phenoxy) is 2. The number of sulfonamides is 1. The summed E-state index contributed by atoms with van der Waals surface area (Å²) in [5, 5.41) is 6.22. The Morgan fingerprint density at radius 2 is 2.09 bits per heavy atom. The minimum Gasteiger partial charge on any atom is -0.381 e. The molecule has 3 N–H and O–H groups in total. The van der Waals surface area contributed by atoms with Crippen LogP contribution in [-0.2, 0) is 19.5 Å². The Morgan fingerprint density at radius 1 is 1.30 bits per heavy atom. The van der Waals surface area contributed by atoms with E-state index in [4.69, 9.17) is 9.47 Å². The summed E-state index contributed by atoms with van der Waals surface area (Å²) in [6, 6.07) is 0. The molecule has 8 nitrogen and oxygen atoms in total. The van der Waals surface area contributed by atoms with Gasteiger partial charge in [0.2, 0.25) is 10.0 Å². The van der Waals surface area contributed by atoms with Crippen molar-refractivity contribution in [2.24, 2.45) is 10.9 Å². The number of rotatable bonds is 11. The van der Waals surface area contributed by atoms with Crippen LogP contribution in [0.5, 0.6) is 0 Å². The van der Waals surface area contributed by atoms with Gasteiger partial charge in [-0.3, -0.25) is 4.99 Å². The molecule has 1 atom stereocenters. The molecule has 0 saturated carbocycles. The lowest BCUT2D eigenvalue weighted by Gasteiger charge is -2.13. The summed E-state index contributed by atoms with van der Waals surface area (Å²) in [5.74, 6) is 1.29. The average Bonchev–Trinajstić information content (AvgIpc) is 3.06. The van der Waals surface area contributed by atoms with Crippen LogP contribution in [0.25, 0.3) is 0 Å². The Kier molecular flexibility index (Phi) is 10.2. The van der Waals surface area contributed by atoms with Crippen LogP contribution in [0.2, 0.25) is 0 Å². The first-order valence-electron chi connectivity index (χ1n) is 8.14. The summed E-state index contributed by atoms with van der Waals surface area (Å²) in [7, 11) is -1.45. The molecule has 0 spiro atoms. The highest BCUT2D eigenvalue weighted by atomic mass is 32.2. The molecule has 0 aromatic heterocycles. The van der Waals surface area contributed by atoms with Crippen molar-refractivity contribution in [2.45, 2.75) is 19.8 Å². The van der Waals surface area contributed by atoms with Gasteiger partial charge >= 0.3 is 0 Å². The van der Waals surface area contributed by atoms with Crippen molar-refractivity contribution >= 4 is 16.0 Å². The van der Waals surface area contributed by atoms with Crippen LogP contribution in [0.3, 0.4) is 0 Å². The Bertz CT molecular complexity index is 436. The predicted octanol–water partition coefficient (Wildman–Crippen LogP) is -0.466. The Hall–Kier alpha value is -0.900. The fraction of sp³-hybridized carbons (Fsp3) is 0.929. The summed E-state index contributed by atoms with van der Waals surface area (Å²) < 4.78 is 36.0. The summed E-state index contributed by atoms with van der Waals surface area (Å²) in [6.07, 6.45) is 1.98. The van der Waals surface area contributed by atoms with Gasteiger partial charge in [0.05, 0.1) is 19.0 Å². The molecule has 9 heteroatoms. The molecular weight excluding hydrogens is 320 g/mol. The molecule has 0 aliphatic carbocycles. The minimum atomic E-state index is -3.13. The molecule has 1 heterocycles. The van der Waals surface area contributed by atoms with Crippen molar-refractivity contribution in [2.75, 3.05) is 58.9 Å². The van der Waals surface area contributed by atoms with E-state index in [1.165, 1.54) is 0 Å². The molecule has 0 bridgehead atoms. The van der Waals surface area contributed by atoms with E-state index < -0.39 is 10.0 Å². The van der Waals surface area contributed by atoms with Crippen molar-refractivity contribution in [1.82, 2.24) is 15.4 Å². The van der Waals surface area contributed by atoms with Crippen LogP contribution in [0.4, 0.5) is 0 Å². The second-order valence-corrected chi connectivity index (χ2v) is 7.48. The maximum Gasteiger partial charge on any atom is 0.211 e. The SMILES string of the molecule is CCS(=O)(=O)NCCNC(=NC)NCCCOCC1CCOC1. The summed E-state index contributed by atoms with van der Waals surface area (Å²) in [5.41, 5.74) is 0. The van der Waals surface area contributed by atoms with Crippen molar-refractivity contribution in [1.29, 1.82) is 0 Å². The zero-order valence-corrected chi connectivity index (χ0v) is 15.0. The fourth-order valence-corrected chi connectivity index (χ4v) is 2.67. The second-order valence-electron chi connectivity index (χ2n) is 5.38. The van der Waals surface area contributed by atoms with Crippen molar-refractivity contribution in [3.05, 3.63) is 0 Å². The highest BCUT2D eigenvalue weighted by molar-refractivity contribution is 7.89. The monoisotopic (exact) mass is 350 g/mol. The third kappa shape index (κ3) is 9.75. The molecule has 136 valence electrons. The third-order valence-electron chi connectivity index (χ3n) is 3.48. The number of aliphatic imine (C=N–C) groups is 1. The van der Waals surface area contributed by atoms with Gasteiger partial charge < -0.3 is 20.1 Å². The molecule has 23 heavy (non-hydrogen) atoms. The maximum absolute atomic E-state index is 11.3. The standard InChI is InChI=1S/C14H30N4O4S/c1-3-23(19,20)18-8-7-17-14(15-2)16-6-4-9-21-11-13-5-10-22-12-13/h13,18H,3-12H2,1-2H3,(H2,15,16,17). The first-order chi connectivity index (χ1) is 11.1. The van der Waals surface area contributed by atoms with E-state index in [0.29, 0.717) is 31.6 Å². The Morgan fingerprint density at radius 3 is 2.74 bits per heavy atom. The predicted molar refractivity (Wildman–Crippen MR) is 91.2 cm³/mol. The molecule has 1 saturated heterocycles. The fourth-order valence-electron chi connectivity index (χ4n) is 2.06. The molecular formula is C14H30N4O4S. The van der Waals surface area contributed by atoms with Gasteiger partial charge in [0.15, 0.2) is 5.96 Å². The molecule has 0 aromatic rings. The van der Waals surface area contributed by atoms with Gasteiger partial charge in [-0.25, -0.2) is 13.1 Å². The number of hydrogen-bond acceptors (Lipinski definition) is 5. The number of hydrogen-bond donors (Lipinski definition) is 3. The molecule has 1 aliphatic rings. The van der Waals surface area contributed by atoms with Gasteiger partial charge in [-0.2, -0.15) is 0 Å². The van der Waals surface area contributed by atoms with Crippen LogP contribution in [-0.4, -0.2) is 73.2 Å². The van der Waals surface area contributed by atoms with E-state index in [1.54, 1.807) is 14.0 Å². The lowest BCUT2D eigenvalue weighted by molar-refractivity contribution is 0.0888. The summed E-state index contributed by atoms with van der Waals surface area (Å²) in [6.45, 7) is 6.32. The van der Waals surface area contributed by atoms with Crippen molar-refractivity contribution in [3.63, 3.8) is 0 Å². The quantitative estimate of drug-likeness (QED) is 0.265. The van der Waals surface area contributed by atoms with Crippen LogP contribution in [0, 0.1) is 5.92 Å². The van der Waals surface area contributed by atoms with E-state index in [1.807, 2.05) is 0 Å². The summed E-state index contributed by atoms with van der Waals surface area (Å²) in [4.78, 5) is 4.08. The van der Waals surface area contributed by atoms with E-state index in [-0.39, 0.29) is 5.75 Å². The number of nitrogens with zero attached hydrogens (tertiary/aromatic N) is 1. The second kappa shape index (κ2) is 11.6. The van der Waals surface area contributed by atoms with Crippen LogP contribution < -0.4 is 15.4 Å². The molecule has 1 aliphatic heterocycles. The first-order valence-corrected chi connectivity index (χ1v) is 9.80. The topological polar surface area (TPSA) is 101 Å². The zero-order chi connectivity index (χ0) is 17.0. The molecule has 0 amide bonds. The Labute approximate surface area is 139 Å². The van der Waals surface area contributed by atoms with E-state index in [9.17, 15) is 8.42 Å². The van der Waals surface area contributed by atoms with Crippen LogP contribution in [0.1, 0.15) is 19.8 Å². The average molecular weight is 350 g/mol. The maximum atomic E-state index is 11.3. The van der Waals surface area contributed by atoms with Crippen molar-refractivity contribution in [3.8, 4) is 0 Å². The van der Waals surface area contributed by atoms with Crippen LogP contribution in [0.15, 0.2) is 4.99 Å². The van der Waals surface area contributed by atoms with E-state index in [0.717, 1.165) is 39.2 Å². The van der Waals surface area contributed by atoms with Gasteiger partial charge in [-0.05, 0) is 19.8 Å². The third-order valence-corrected chi connectivity index (χ3v) is 4.88. The van der Waals surface area contributed by atoms with Crippen molar-refractivity contribution < 1.29 is 17.9 Å².